The zero-order valence-electron chi connectivity index (χ0n) is 22.5. The number of nitrogens with one attached hydrogen (secondary N) is 1. The SMILES string of the molecule is CCCCC1=Cc2cc(F)c(CCC)cc2C12CCC(CF)(C(=C=CNc1cccc(Cl)c1)CC)CC2. The fourth-order valence-corrected chi connectivity index (χ4v) is 6.67. The molecular weight excluding hydrogens is 484 g/mol. The van der Waals surface area contributed by atoms with E-state index in [1.54, 1.807) is 12.3 Å². The molecule has 4 rings (SSSR count). The number of benzene rings is 2. The van der Waals surface area contributed by atoms with E-state index < -0.39 is 5.41 Å². The lowest BCUT2D eigenvalue weighted by Gasteiger charge is -2.46. The second-order valence-electron chi connectivity index (χ2n) is 10.8. The molecule has 1 N–H and O–H groups in total. The number of allylic oxidation sites excluding steroid dienone is 2. The van der Waals surface area contributed by atoms with E-state index in [0.29, 0.717) is 5.02 Å². The summed E-state index contributed by atoms with van der Waals surface area (Å²) in [6, 6.07) is 11.4. The van der Waals surface area contributed by atoms with Crippen LogP contribution in [-0.2, 0) is 11.8 Å². The van der Waals surface area contributed by atoms with Crippen molar-refractivity contribution in [1.29, 1.82) is 0 Å². The fourth-order valence-electron chi connectivity index (χ4n) is 6.48. The van der Waals surface area contributed by atoms with Gasteiger partial charge >= 0.3 is 0 Å². The molecule has 4 heteroatoms. The fraction of sp³-hybridized carbons (Fsp3) is 0.485. The summed E-state index contributed by atoms with van der Waals surface area (Å²) in [5.74, 6) is -0.0915. The molecule has 0 amide bonds. The van der Waals surface area contributed by atoms with Gasteiger partial charge in [-0.05, 0) is 97.9 Å². The van der Waals surface area contributed by atoms with Crippen molar-refractivity contribution in [1.82, 2.24) is 0 Å². The van der Waals surface area contributed by atoms with Gasteiger partial charge in [0.25, 0.3) is 0 Å². The first kappa shape index (κ1) is 27.7. The summed E-state index contributed by atoms with van der Waals surface area (Å²) in [5, 5.41) is 3.91. The first-order chi connectivity index (χ1) is 17.9. The highest BCUT2D eigenvalue weighted by Crippen LogP contribution is 2.58. The molecule has 0 unspecified atom stereocenters. The van der Waals surface area contributed by atoms with E-state index in [1.165, 1.54) is 11.1 Å². The van der Waals surface area contributed by atoms with Gasteiger partial charge in [0.2, 0.25) is 0 Å². The molecule has 0 saturated heterocycles. The van der Waals surface area contributed by atoms with Gasteiger partial charge in [0, 0.05) is 27.7 Å². The zero-order chi connectivity index (χ0) is 26.5. The lowest BCUT2D eigenvalue weighted by molar-refractivity contribution is 0.138. The van der Waals surface area contributed by atoms with Crippen LogP contribution in [0.2, 0.25) is 5.02 Å². The van der Waals surface area contributed by atoms with Gasteiger partial charge in [-0.2, -0.15) is 0 Å². The Hall–Kier alpha value is -2.35. The van der Waals surface area contributed by atoms with E-state index in [0.717, 1.165) is 86.6 Å². The highest BCUT2D eigenvalue weighted by Gasteiger charge is 2.49. The second-order valence-corrected chi connectivity index (χ2v) is 11.3. The van der Waals surface area contributed by atoms with Gasteiger partial charge < -0.3 is 5.32 Å². The normalized spacial score (nSPS) is 22.4. The third kappa shape index (κ3) is 5.59. The van der Waals surface area contributed by atoms with Crippen molar-refractivity contribution in [2.24, 2.45) is 5.41 Å². The summed E-state index contributed by atoms with van der Waals surface area (Å²) in [6.07, 6.45) is 13.1. The molecule has 0 aromatic heterocycles. The maximum absolute atomic E-state index is 14.9. The lowest BCUT2D eigenvalue weighted by atomic mass is 9.57. The Kier molecular flexibility index (Phi) is 8.98. The van der Waals surface area contributed by atoms with Gasteiger partial charge in [0.05, 0.1) is 6.67 Å². The Balaban J connectivity index is 1.64. The smallest absolute Gasteiger partial charge is 0.127 e. The quantitative estimate of drug-likeness (QED) is 0.305. The van der Waals surface area contributed by atoms with Crippen LogP contribution in [0.1, 0.15) is 95.2 Å². The van der Waals surface area contributed by atoms with Gasteiger partial charge in [0.15, 0.2) is 0 Å². The topological polar surface area (TPSA) is 12.0 Å². The Morgan fingerprint density at radius 3 is 2.49 bits per heavy atom. The zero-order valence-corrected chi connectivity index (χ0v) is 23.3. The highest BCUT2D eigenvalue weighted by molar-refractivity contribution is 6.30. The summed E-state index contributed by atoms with van der Waals surface area (Å²) in [6.45, 7) is 6.02. The van der Waals surface area contributed by atoms with Crippen LogP contribution in [0.25, 0.3) is 6.08 Å². The van der Waals surface area contributed by atoms with Crippen molar-refractivity contribution in [3.8, 4) is 0 Å². The monoisotopic (exact) mass is 523 g/mol. The van der Waals surface area contributed by atoms with Crippen molar-refractivity contribution in [3.63, 3.8) is 0 Å². The average Bonchev–Trinajstić information content (AvgIpc) is 3.18. The number of hydrogen-bond acceptors (Lipinski definition) is 1. The number of fused-ring (bicyclic) bond motifs is 2. The standard InChI is InChI=1S/C33H40ClF2N/c1-4-7-10-27-19-25-21-31(36)24(9-5-2)20-30(25)33(27)16-14-32(23-35,15-17-33)26(6-3)13-18-37-29-12-8-11-28(34)22-29/h8,11-12,18-22,37H,4-7,9-10,14-17,23H2,1-3H3. The van der Waals surface area contributed by atoms with E-state index in [1.807, 2.05) is 24.3 Å². The first-order valence-electron chi connectivity index (χ1n) is 14.0. The Bertz CT molecular complexity index is 1200. The Labute approximate surface area is 226 Å². The number of unbranched alkanes of at least 4 members (excludes halogenated alkanes) is 1. The third-order valence-corrected chi connectivity index (χ3v) is 8.85. The number of hydrogen-bond donors (Lipinski definition) is 1. The van der Waals surface area contributed by atoms with Gasteiger partial charge in [-0.15, -0.1) is 5.73 Å². The predicted octanol–water partition coefficient (Wildman–Crippen LogP) is 10.3. The maximum atomic E-state index is 14.9. The molecule has 2 aliphatic carbocycles. The van der Waals surface area contributed by atoms with Crippen LogP contribution >= 0.6 is 11.6 Å². The molecule has 1 spiro atoms. The van der Waals surface area contributed by atoms with Gasteiger partial charge in [-0.3, -0.25) is 4.39 Å². The van der Waals surface area contributed by atoms with Crippen LogP contribution < -0.4 is 5.32 Å². The van der Waals surface area contributed by atoms with Crippen molar-refractivity contribution in [2.45, 2.75) is 90.4 Å². The van der Waals surface area contributed by atoms with E-state index in [2.05, 4.69) is 44.0 Å². The molecule has 0 bridgehead atoms. The Morgan fingerprint density at radius 1 is 1.05 bits per heavy atom. The van der Waals surface area contributed by atoms with E-state index in [9.17, 15) is 8.78 Å². The number of aryl methyl sites for hydroxylation is 1. The first-order valence-corrected chi connectivity index (χ1v) is 14.4. The van der Waals surface area contributed by atoms with Crippen LogP contribution in [-0.4, -0.2) is 6.67 Å². The largest absolute Gasteiger partial charge is 0.355 e. The maximum Gasteiger partial charge on any atom is 0.127 e. The molecule has 1 saturated carbocycles. The summed E-state index contributed by atoms with van der Waals surface area (Å²) in [7, 11) is 0. The summed E-state index contributed by atoms with van der Waals surface area (Å²) < 4.78 is 29.7. The molecule has 198 valence electrons. The van der Waals surface area contributed by atoms with Crippen LogP contribution in [0.4, 0.5) is 14.5 Å². The molecule has 1 fully saturated rings. The van der Waals surface area contributed by atoms with Crippen molar-refractivity contribution in [3.05, 3.63) is 87.0 Å². The molecule has 2 aromatic carbocycles. The van der Waals surface area contributed by atoms with E-state index in [-0.39, 0.29) is 17.9 Å². The number of halogens is 3. The molecule has 2 aromatic rings. The lowest BCUT2D eigenvalue weighted by Crippen LogP contribution is -2.40. The van der Waals surface area contributed by atoms with Gasteiger partial charge in [0.1, 0.15) is 5.82 Å². The Morgan fingerprint density at radius 2 is 1.84 bits per heavy atom. The minimum atomic E-state index is -0.503. The number of rotatable bonds is 10. The van der Waals surface area contributed by atoms with Crippen LogP contribution in [0.15, 0.2) is 59.5 Å². The summed E-state index contributed by atoms with van der Waals surface area (Å²) >= 11 is 6.10. The molecule has 0 aliphatic heterocycles. The summed E-state index contributed by atoms with van der Waals surface area (Å²) in [4.78, 5) is 0. The van der Waals surface area contributed by atoms with Gasteiger partial charge in [-0.1, -0.05) is 69.0 Å². The molecule has 0 atom stereocenters. The molecular formula is C33H40ClF2N. The second kappa shape index (κ2) is 12.0. The molecule has 0 radical (unpaired) electrons. The minimum absolute atomic E-state index is 0.0915. The molecule has 2 aliphatic rings. The molecule has 1 nitrogen and oxygen atoms in total. The van der Waals surface area contributed by atoms with Crippen molar-refractivity contribution < 1.29 is 8.78 Å². The van der Waals surface area contributed by atoms with Crippen LogP contribution in [0.5, 0.6) is 0 Å². The molecule has 0 heterocycles. The van der Waals surface area contributed by atoms with Crippen LogP contribution in [0.3, 0.4) is 0 Å². The van der Waals surface area contributed by atoms with Gasteiger partial charge in [-0.25, -0.2) is 4.39 Å². The number of anilines is 1. The number of alkyl halides is 1. The van der Waals surface area contributed by atoms with Crippen molar-refractivity contribution in [2.75, 3.05) is 12.0 Å². The third-order valence-electron chi connectivity index (χ3n) is 8.62. The molecule has 37 heavy (non-hydrogen) atoms. The van der Waals surface area contributed by atoms with E-state index in [4.69, 9.17) is 11.6 Å². The predicted molar refractivity (Wildman–Crippen MR) is 153 cm³/mol. The average molecular weight is 524 g/mol. The highest BCUT2D eigenvalue weighted by atomic mass is 35.5. The minimum Gasteiger partial charge on any atom is -0.355 e. The van der Waals surface area contributed by atoms with Crippen molar-refractivity contribution >= 4 is 23.4 Å². The van der Waals surface area contributed by atoms with E-state index >= 15 is 0 Å². The summed E-state index contributed by atoms with van der Waals surface area (Å²) in [5.41, 5.74) is 9.27. The van der Waals surface area contributed by atoms with Crippen LogP contribution in [0, 0.1) is 11.2 Å².